The summed E-state index contributed by atoms with van der Waals surface area (Å²) in [6, 6.07) is 6.22. The first kappa shape index (κ1) is 13.6. The minimum Gasteiger partial charge on any atom is -0.494 e. The van der Waals surface area contributed by atoms with Gasteiger partial charge in [0.15, 0.2) is 0 Å². The molecule has 1 aromatic carbocycles. The van der Waals surface area contributed by atoms with E-state index in [0.29, 0.717) is 6.61 Å². The van der Waals surface area contributed by atoms with Gasteiger partial charge in [0, 0.05) is 11.3 Å². The zero-order chi connectivity index (χ0) is 11.8. The Kier molecular flexibility index (Phi) is 3.83. The molecule has 0 bridgehead atoms. The van der Waals surface area contributed by atoms with Gasteiger partial charge in [0.2, 0.25) is 0 Å². The highest BCUT2D eigenvalue weighted by Crippen LogP contribution is 2.35. The fourth-order valence-corrected chi connectivity index (χ4v) is 2.22. The first-order valence-corrected chi connectivity index (χ1v) is 5.77. The van der Waals surface area contributed by atoms with Crippen LogP contribution in [0.1, 0.15) is 33.3 Å². The van der Waals surface area contributed by atoms with E-state index in [1.807, 2.05) is 13.0 Å². The van der Waals surface area contributed by atoms with Crippen molar-refractivity contribution >= 4 is 11.3 Å². The second-order valence-corrected chi connectivity index (χ2v) is 4.81. The van der Waals surface area contributed by atoms with E-state index in [9.17, 15) is 0 Å². The van der Waals surface area contributed by atoms with Crippen LogP contribution in [0.2, 0.25) is 0 Å². The number of allylic oxidation sites excluding steroid dienone is 1. The van der Waals surface area contributed by atoms with Crippen LogP contribution >= 0.6 is 0 Å². The Morgan fingerprint density at radius 2 is 2.00 bits per heavy atom. The second-order valence-electron chi connectivity index (χ2n) is 4.81. The van der Waals surface area contributed by atoms with Gasteiger partial charge < -0.3 is 16.2 Å². The Hall–Kier alpha value is -1.48. The Balaban J connectivity index is 0.00000144. The van der Waals surface area contributed by atoms with E-state index in [1.165, 1.54) is 16.8 Å². The molecule has 0 aliphatic carbocycles. The number of fused-ring (bicyclic) bond motifs is 1. The summed E-state index contributed by atoms with van der Waals surface area (Å²) in [7, 11) is 0. The topological polar surface area (TPSA) is 56.3 Å². The van der Waals surface area contributed by atoms with Crippen molar-refractivity contribution in [2.45, 2.75) is 33.2 Å². The van der Waals surface area contributed by atoms with Crippen LogP contribution in [0.3, 0.4) is 0 Å². The van der Waals surface area contributed by atoms with Crippen molar-refractivity contribution in [3.05, 3.63) is 29.8 Å². The summed E-state index contributed by atoms with van der Waals surface area (Å²) in [6.45, 7) is 9.22. The van der Waals surface area contributed by atoms with Gasteiger partial charge in [0.25, 0.3) is 0 Å². The van der Waals surface area contributed by atoms with Crippen molar-refractivity contribution in [1.82, 2.24) is 6.15 Å². The van der Waals surface area contributed by atoms with Crippen molar-refractivity contribution in [3.63, 3.8) is 0 Å². The van der Waals surface area contributed by atoms with Gasteiger partial charge in [0.1, 0.15) is 5.75 Å². The normalized spacial score (nSPS) is 16.1. The molecule has 3 heteroatoms. The summed E-state index contributed by atoms with van der Waals surface area (Å²) in [5, 5.41) is 3.50. The Labute approximate surface area is 103 Å². The molecule has 2 rings (SSSR count). The predicted octanol–water partition coefficient (Wildman–Crippen LogP) is 3.85. The fraction of sp³-hybridized carbons (Fsp3) is 0.429. The van der Waals surface area contributed by atoms with Gasteiger partial charge in [-0.15, -0.1) is 0 Å². The van der Waals surface area contributed by atoms with E-state index < -0.39 is 0 Å². The minimum absolute atomic E-state index is 0. The number of ether oxygens (including phenoxy) is 1. The third-order valence-electron chi connectivity index (χ3n) is 2.76. The van der Waals surface area contributed by atoms with E-state index in [0.717, 1.165) is 5.75 Å². The molecule has 0 spiro atoms. The SMILES string of the molecule is CCOc1ccc2c(c1)C(C)=CC(C)(C)N2.N. The van der Waals surface area contributed by atoms with Gasteiger partial charge >= 0.3 is 0 Å². The molecule has 0 unspecified atom stereocenters. The van der Waals surface area contributed by atoms with Crippen LogP contribution in [0.4, 0.5) is 5.69 Å². The largest absolute Gasteiger partial charge is 0.494 e. The molecule has 4 N–H and O–H groups in total. The first-order chi connectivity index (χ1) is 7.52. The average molecular weight is 234 g/mol. The smallest absolute Gasteiger partial charge is 0.120 e. The molecule has 0 saturated heterocycles. The standard InChI is InChI=1S/C14H19NO.H3N/c1-5-16-11-6-7-13-12(8-11)10(2)9-14(3,4)15-13;/h6-9,15H,5H2,1-4H3;1H3. The third kappa shape index (κ3) is 2.80. The van der Waals surface area contributed by atoms with Gasteiger partial charge in [-0.05, 0) is 51.5 Å². The monoisotopic (exact) mass is 234 g/mol. The molecule has 3 nitrogen and oxygen atoms in total. The van der Waals surface area contributed by atoms with E-state index in [4.69, 9.17) is 4.74 Å². The number of anilines is 1. The maximum Gasteiger partial charge on any atom is 0.120 e. The van der Waals surface area contributed by atoms with Crippen LogP contribution in [0.25, 0.3) is 5.57 Å². The van der Waals surface area contributed by atoms with Crippen LogP contribution < -0.4 is 16.2 Å². The van der Waals surface area contributed by atoms with Crippen molar-refractivity contribution in [2.75, 3.05) is 11.9 Å². The lowest BCUT2D eigenvalue weighted by molar-refractivity contribution is 0.340. The number of hydrogen-bond donors (Lipinski definition) is 2. The van der Waals surface area contributed by atoms with E-state index in [1.54, 1.807) is 0 Å². The molecule has 1 heterocycles. The van der Waals surface area contributed by atoms with Gasteiger partial charge in [-0.1, -0.05) is 6.08 Å². The van der Waals surface area contributed by atoms with Gasteiger partial charge in [-0.3, -0.25) is 0 Å². The Morgan fingerprint density at radius 1 is 1.29 bits per heavy atom. The summed E-state index contributed by atoms with van der Waals surface area (Å²) in [4.78, 5) is 0. The van der Waals surface area contributed by atoms with Gasteiger partial charge in [-0.25, -0.2) is 0 Å². The van der Waals surface area contributed by atoms with Crippen molar-refractivity contribution in [1.29, 1.82) is 0 Å². The molecule has 0 amide bonds. The lowest BCUT2D eigenvalue weighted by Gasteiger charge is -2.31. The summed E-state index contributed by atoms with van der Waals surface area (Å²) in [6.07, 6.45) is 2.26. The van der Waals surface area contributed by atoms with Crippen LogP contribution in [-0.4, -0.2) is 12.1 Å². The van der Waals surface area contributed by atoms with Crippen LogP contribution in [0.15, 0.2) is 24.3 Å². The van der Waals surface area contributed by atoms with Crippen LogP contribution in [0, 0.1) is 0 Å². The van der Waals surface area contributed by atoms with E-state index >= 15 is 0 Å². The molecule has 0 atom stereocenters. The minimum atomic E-state index is 0. The van der Waals surface area contributed by atoms with Gasteiger partial charge in [0.05, 0.1) is 12.1 Å². The van der Waals surface area contributed by atoms with E-state index in [-0.39, 0.29) is 11.7 Å². The molecule has 0 saturated carbocycles. The molecular formula is C14H22N2O. The summed E-state index contributed by atoms with van der Waals surface area (Å²) >= 11 is 0. The van der Waals surface area contributed by atoms with Crippen molar-refractivity contribution in [2.24, 2.45) is 0 Å². The summed E-state index contributed by atoms with van der Waals surface area (Å²) in [5.41, 5.74) is 3.77. The molecule has 1 aliphatic rings. The molecule has 0 fully saturated rings. The predicted molar refractivity (Wildman–Crippen MR) is 74.0 cm³/mol. The summed E-state index contributed by atoms with van der Waals surface area (Å²) in [5.74, 6) is 0.940. The Bertz CT molecular complexity index is 436. The number of rotatable bonds is 2. The number of nitrogens with one attached hydrogen (secondary N) is 1. The van der Waals surface area contributed by atoms with Gasteiger partial charge in [-0.2, -0.15) is 0 Å². The van der Waals surface area contributed by atoms with Crippen molar-refractivity contribution in [3.8, 4) is 5.75 Å². The molecule has 94 valence electrons. The summed E-state index contributed by atoms with van der Waals surface area (Å²) < 4.78 is 5.52. The number of hydrogen-bond acceptors (Lipinski definition) is 3. The molecular weight excluding hydrogens is 212 g/mol. The Morgan fingerprint density at radius 3 is 2.65 bits per heavy atom. The highest BCUT2D eigenvalue weighted by molar-refractivity contribution is 5.80. The quantitative estimate of drug-likeness (QED) is 0.817. The lowest BCUT2D eigenvalue weighted by atomic mass is 9.91. The molecule has 17 heavy (non-hydrogen) atoms. The molecule has 1 aromatic rings. The molecule has 1 aliphatic heterocycles. The first-order valence-electron chi connectivity index (χ1n) is 5.77. The average Bonchev–Trinajstić information content (AvgIpc) is 2.18. The maximum absolute atomic E-state index is 5.52. The molecule has 0 aromatic heterocycles. The van der Waals surface area contributed by atoms with Crippen molar-refractivity contribution < 1.29 is 4.74 Å². The number of benzene rings is 1. The third-order valence-corrected chi connectivity index (χ3v) is 2.76. The fourth-order valence-electron chi connectivity index (χ4n) is 2.22. The zero-order valence-corrected chi connectivity index (χ0v) is 11.1. The highest BCUT2D eigenvalue weighted by Gasteiger charge is 2.22. The zero-order valence-electron chi connectivity index (χ0n) is 11.1. The lowest BCUT2D eigenvalue weighted by Crippen LogP contribution is -2.31. The van der Waals surface area contributed by atoms with E-state index in [2.05, 4.69) is 44.3 Å². The maximum atomic E-state index is 5.52. The molecule has 0 radical (unpaired) electrons. The second kappa shape index (κ2) is 4.80. The van der Waals surface area contributed by atoms with Crippen LogP contribution in [-0.2, 0) is 0 Å². The van der Waals surface area contributed by atoms with Crippen LogP contribution in [0.5, 0.6) is 5.75 Å². The highest BCUT2D eigenvalue weighted by atomic mass is 16.5.